The summed E-state index contributed by atoms with van der Waals surface area (Å²) < 4.78 is 60.1. The molecule has 14 heteroatoms. The van der Waals surface area contributed by atoms with E-state index in [1.165, 1.54) is 12.2 Å². The lowest BCUT2D eigenvalue weighted by atomic mass is 10.1. The summed E-state index contributed by atoms with van der Waals surface area (Å²) in [6.45, 7) is 19.4. The van der Waals surface area contributed by atoms with Gasteiger partial charge in [-0.2, -0.15) is 0 Å². The van der Waals surface area contributed by atoms with Crippen LogP contribution < -0.4 is 37.9 Å². The largest absolute Gasteiger partial charge is 0.490 e. The van der Waals surface area contributed by atoms with Crippen LogP contribution >= 0.6 is 0 Å². The van der Waals surface area contributed by atoms with Gasteiger partial charge >= 0.3 is 23.9 Å². The second-order valence-corrected chi connectivity index (χ2v) is 19.9. The molecule has 3 rings (SSSR count). The van der Waals surface area contributed by atoms with Gasteiger partial charge in [0.2, 0.25) is 11.5 Å². The summed E-state index contributed by atoms with van der Waals surface area (Å²) in [7, 11) is 0. The van der Waals surface area contributed by atoms with Crippen LogP contribution in [0, 0.1) is 5.92 Å². The summed E-state index contributed by atoms with van der Waals surface area (Å²) in [4.78, 5) is 50.1. The molecule has 0 heterocycles. The van der Waals surface area contributed by atoms with E-state index in [1.54, 1.807) is 36.4 Å². The molecule has 3 aromatic carbocycles. The standard InChI is InChI=1S/C66H96O14/c1-8-14-18-24-47-74-62-53(32-40-57(64(62)76-49-26-20-16-10-3)71-44-28-22-23-29-51-78-66(70)52(7)12-5)34-42-60(68)79-55-36-38-56(39-37-55)80-61(69)43-35-54-33-41-58(72-45-30-31-46-73-59(67)13-6)65(77-50-27-21-17-11-4)63(54)75-48-25-19-15-9-2/h13,32-43,52H,6,8-12,14-31,44-51H2,1-5,7H3. The van der Waals surface area contributed by atoms with Crippen LogP contribution in [-0.4, -0.2) is 76.7 Å². The molecule has 1 unspecified atom stereocenters. The summed E-state index contributed by atoms with van der Waals surface area (Å²) in [5, 5.41) is 0. The maximum atomic E-state index is 13.3. The molecular formula is C66H96O14. The lowest BCUT2D eigenvalue weighted by molar-refractivity contribution is -0.148. The highest BCUT2D eigenvalue weighted by atomic mass is 16.6. The average molecular weight is 1110 g/mol. The molecule has 0 radical (unpaired) electrons. The Kier molecular flexibility index (Phi) is 36.8. The molecule has 0 aliphatic rings. The van der Waals surface area contributed by atoms with E-state index >= 15 is 0 Å². The normalized spacial score (nSPS) is 11.5. The molecule has 1 atom stereocenters. The van der Waals surface area contributed by atoms with Crippen LogP contribution in [0.2, 0.25) is 0 Å². The van der Waals surface area contributed by atoms with Gasteiger partial charge in [-0.3, -0.25) is 4.79 Å². The number of unbranched alkanes of at least 4 members (excludes halogenated alkanes) is 16. The summed E-state index contributed by atoms with van der Waals surface area (Å²) in [6.07, 6.45) is 29.0. The third kappa shape index (κ3) is 28.6. The highest BCUT2D eigenvalue weighted by Gasteiger charge is 2.20. The third-order valence-corrected chi connectivity index (χ3v) is 13.0. The minimum atomic E-state index is -0.622. The van der Waals surface area contributed by atoms with Crippen LogP contribution in [0.25, 0.3) is 12.2 Å². The van der Waals surface area contributed by atoms with Gasteiger partial charge < -0.3 is 47.4 Å². The molecule has 0 spiro atoms. The van der Waals surface area contributed by atoms with Crippen molar-refractivity contribution in [2.75, 3.05) is 52.9 Å². The number of benzene rings is 3. The van der Waals surface area contributed by atoms with Gasteiger partial charge in [-0.05, 0) is 131 Å². The first-order valence-electron chi connectivity index (χ1n) is 30.0. The van der Waals surface area contributed by atoms with Crippen LogP contribution in [0.5, 0.6) is 46.0 Å². The molecule has 0 bridgehead atoms. The van der Waals surface area contributed by atoms with Crippen LogP contribution in [-0.2, 0) is 28.7 Å². The maximum Gasteiger partial charge on any atom is 0.336 e. The summed E-state index contributed by atoms with van der Waals surface area (Å²) in [5.41, 5.74) is 1.27. The van der Waals surface area contributed by atoms with Crippen LogP contribution in [0.4, 0.5) is 0 Å². The predicted octanol–water partition coefficient (Wildman–Crippen LogP) is 16.2. The summed E-state index contributed by atoms with van der Waals surface area (Å²) >= 11 is 0. The van der Waals surface area contributed by atoms with Gasteiger partial charge in [0.05, 0.1) is 58.8 Å². The van der Waals surface area contributed by atoms with E-state index < -0.39 is 17.9 Å². The van der Waals surface area contributed by atoms with E-state index in [2.05, 4.69) is 34.3 Å². The highest BCUT2D eigenvalue weighted by molar-refractivity contribution is 5.90. The van der Waals surface area contributed by atoms with E-state index in [4.69, 9.17) is 47.4 Å². The number of carbonyl (C=O) groups excluding carboxylic acids is 4. The van der Waals surface area contributed by atoms with Gasteiger partial charge in [-0.15, -0.1) is 0 Å². The van der Waals surface area contributed by atoms with Crippen molar-refractivity contribution in [2.45, 2.75) is 189 Å². The van der Waals surface area contributed by atoms with Gasteiger partial charge in [-0.25, -0.2) is 14.4 Å². The smallest absolute Gasteiger partial charge is 0.336 e. The molecule has 0 aromatic heterocycles. The predicted molar refractivity (Wildman–Crippen MR) is 317 cm³/mol. The molecular weight excluding hydrogens is 1020 g/mol. The van der Waals surface area contributed by atoms with Crippen molar-refractivity contribution in [3.8, 4) is 46.0 Å². The van der Waals surface area contributed by atoms with Crippen molar-refractivity contribution in [1.82, 2.24) is 0 Å². The van der Waals surface area contributed by atoms with Crippen LogP contribution in [0.15, 0.2) is 73.3 Å². The Bertz CT molecular complexity index is 2270. The van der Waals surface area contributed by atoms with Crippen molar-refractivity contribution < 1.29 is 66.5 Å². The van der Waals surface area contributed by atoms with E-state index in [1.807, 2.05) is 38.1 Å². The molecule has 0 aliphatic heterocycles. The Morgan fingerprint density at radius 1 is 0.400 bits per heavy atom. The second-order valence-electron chi connectivity index (χ2n) is 19.9. The SMILES string of the molecule is C=CC(=O)OCCCCOc1ccc(C=CC(=O)Oc2ccc(OC(=O)C=Cc3ccc(OCCCCCCOC(=O)C(C)CC)c(OCCCCCC)c3OCCCCCC)cc2)c(OCCCCCC)c1OCCCCCC. The number of hydrogen-bond acceptors (Lipinski definition) is 14. The molecule has 0 saturated carbocycles. The van der Waals surface area contributed by atoms with Crippen molar-refractivity contribution in [3.63, 3.8) is 0 Å². The molecule has 444 valence electrons. The fourth-order valence-corrected chi connectivity index (χ4v) is 8.02. The first-order chi connectivity index (χ1) is 39.1. The highest BCUT2D eigenvalue weighted by Crippen LogP contribution is 2.43. The number of rotatable bonds is 47. The maximum absolute atomic E-state index is 13.3. The van der Waals surface area contributed by atoms with Gasteiger partial charge in [0.15, 0.2) is 23.0 Å². The van der Waals surface area contributed by atoms with E-state index in [0.29, 0.717) is 105 Å². The first kappa shape index (κ1) is 67.8. The summed E-state index contributed by atoms with van der Waals surface area (Å²) in [6, 6.07) is 13.6. The first-order valence-corrected chi connectivity index (χ1v) is 30.0. The van der Waals surface area contributed by atoms with Gasteiger partial charge in [0.25, 0.3) is 0 Å². The molecule has 3 aromatic rings. The van der Waals surface area contributed by atoms with Crippen molar-refractivity contribution in [1.29, 1.82) is 0 Å². The molecule has 14 nitrogen and oxygen atoms in total. The number of carbonyl (C=O) groups is 4. The Balaban J connectivity index is 1.75. The fourth-order valence-electron chi connectivity index (χ4n) is 8.02. The minimum absolute atomic E-state index is 0.0810. The number of esters is 4. The van der Waals surface area contributed by atoms with E-state index in [-0.39, 0.29) is 30.0 Å². The minimum Gasteiger partial charge on any atom is -0.490 e. The Hall–Kier alpha value is -6.44. The lowest BCUT2D eigenvalue weighted by Gasteiger charge is -2.19. The van der Waals surface area contributed by atoms with Gasteiger partial charge in [0.1, 0.15) is 11.5 Å². The van der Waals surface area contributed by atoms with Crippen LogP contribution in [0.3, 0.4) is 0 Å². The average Bonchev–Trinajstić information content (AvgIpc) is 3.50. The van der Waals surface area contributed by atoms with Crippen molar-refractivity contribution >= 4 is 36.0 Å². The van der Waals surface area contributed by atoms with Gasteiger partial charge in [-0.1, -0.05) is 125 Å². The van der Waals surface area contributed by atoms with Crippen molar-refractivity contribution in [3.05, 3.63) is 84.5 Å². The topological polar surface area (TPSA) is 161 Å². The zero-order chi connectivity index (χ0) is 57.8. The number of ether oxygens (including phenoxy) is 10. The Morgan fingerprint density at radius 3 is 1.12 bits per heavy atom. The van der Waals surface area contributed by atoms with Crippen molar-refractivity contribution in [2.24, 2.45) is 5.92 Å². The Labute approximate surface area is 479 Å². The zero-order valence-corrected chi connectivity index (χ0v) is 49.4. The molecule has 0 amide bonds. The number of hydrogen-bond donors (Lipinski definition) is 0. The van der Waals surface area contributed by atoms with E-state index in [9.17, 15) is 19.2 Å². The molecule has 0 fully saturated rings. The van der Waals surface area contributed by atoms with E-state index in [0.717, 1.165) is 141 Å². The quantitative estimate of drug-likeness (QED) is 0.0227. The molecule has 80 heavy (non-hydrogen) atoms. The monoisotopic (exact) mass is 1110 g/mol. The van der Waals surface area contributed by atoms with Crippen LogP contribution in [0.1, 0.15) is 200 Å². The molecule has 0 aliphatic carbocycles. The lowest BCUT2D eigenvalue weighted by Crippen LogP contribution is -2.14. The van der Waals surface area contributed by atoms with Gasteiger partial charge in [0, 0.05) is 29.4 Å². The third-order valence-electron chi connectivity index (χ3n) is 13.0. The second kappa shape index (κ2) is 43.4. The fraction of sp³-hybridized carbons (Fsp3) is 0.576. The zero-order valence-electron chi connectivity index (χ0n) is 49.4. The molecule has 0 N–H and O–H groups in total. The summed E-state index contributed by atoms with van der Waals surface area (Å²) in [5.74, 6) is 1.70. The Morgan fingerprint density at radius 2 is 0.738 bits per heavy atom. The molecule has 0 saturated heterocycles.